The zero-order valence-corrected chi connectivity index (χ0v) is 20.9. The molecule has 1 aromatic rings. The Kier molecular flexibility index (Phi) is 9.31. The number of rotatable bonds is 10. The van der Waals surface area contributed by atoms with Crippen molar-refractivity contribution in [3.05, 3.63) is 36.1 Å². The zero-order chi connectivity index (χ0) is 24.7. The minimum absolute atomic E-state index is 0.0363. The van der Waals surface area contributed by atoms with E-state index in [1.54, 1.807) is 17.0 Å². The number of sulfonamides is 1. The Balaban J connectivity index is 1.57. The van der Waals surface area contributed by atoms with E-state index in [0.717, 1.165) is 13.1 Å². The number of aliphatic hydroxyl groups is 1. The van der Waals surface area contributed by atoms with Crippen LogP contribution >= 0.6 is 0 Å². The maximum atomic E-state index is 13.0. The van der Waals surface area contributed by atoms with Crippen LogP contribution in [-0.2, 0) is 24.3 Å². The molecule has 0 radical (unpaired) electrons. The Hall–Kier alpha value is -2.18. The van der Waals surface area contributed by atoms with Crippen LogP contribution in [0, 0.1) is 5.92 Å². The van der Waals surface area contributed by atoms with E-state index in [0.29, 0.717) is 25.3 Å². The summed E-state index contributed by atoms with van der Waals surface area (Å²) in [6, 6.07) is 6.07. The van der Waals surface area contributed by atoms with Crippen molar-refractivity contribution in [2.24, 2.45) is 5.92 Å². The van der Waals surface area contributed by atoms with Crippen LogP contribution in [0.4, 0.5) is 0 Å². The molecule has 1 saturated heterocycles. The zero-order valence-electron chi connectivity index (χ0n) is 20.1. The van der Waals surface area contributed by atoms with Gasteiger partial charge in [0.25, 0.3) is 5.91 Å². The van der Waals surface area contributed by atoms with E-state index in [9.17, 15) is 18.3 Å². The number of carbonyl (C=O) groups excluding carboxylic acids is 1. The topological polar surface area (TPSA) is 109 Å². The summed E-state index contributed by atoms with van der Waals surface area (Å²) >= 11 is 0. The van der Waals surface area contributed by atoms with Crippen molar-refractivity contribution in [3.8, 4) is 5.75 Å². The van der Waals surface area contributed by atoms with Crippen LogP contribution in [0.15, 0.2) is 41.0 Å². The van der Waals surface area contributed by atoms with Crippen LogP contribution in [0.1, 0.15) is 13.3 Å². The van der Waals surface area contributed by atoms with E-state index < -0.39 is 16.3 Å². The van der Waals surface area contributed by atoms with Crippen LogP contribution < -0.4 is 4.74 Å². The third-order valence-corrected chi connectivity index (χ3v) is 7.86. The number of ether oxygens (including phenoxy) is 3. The summed E-state index contributed by atoms with van der Waals surface area (Å²) in [7, 11) is -0.291. The molecule has 10 nitrogen and oxygen atoms in total. The third-order valence-electron chi connectivity index (χ3n) is 5.95. The Morgan fingerprint density at radius 3 is 2.47 bits per heavy atom. The van der Waals surface area contributed by atoms with Gasteiger partial charge in [0.1, 0.15) is 5.75 Å². The minimum Gasteiger partial charge on any atom is -0.497 e. The predicted molar refractivity (Wildman–Crippen MR) is 126 cm³/mol. The molecule has 2 aliphatic heterocycles. The molecule has 1 fully saturated rings. The average molecular weight is 498 g/mol. The van der Waals surface area contributed by atoms with Gasteiger partial charge < -0.3 is 29.1 Å². The van der Waals surface area contributed by atoms with E-state index in [1.807, 2.05) is 20.0 Å². The van der Waals surface area contributed by atoms with Gasteiger partial charge in [0.2, 0.25) is 16.3 Å². The molecule has 190 valence electrons. The number of likely N-dealkylation sites (N-methyl/N-ethyl adjacent to an activating group) is 1. The number of hydrogen-bond donors (Lipinski definition) is 1. The van der Waals surface area contributed by atoms with Gasteiger partial charge in [-0.15, -0.1) is 0 Å². The molecule has 1 N–H and O–H groups in total. The standard InChI is InChI=1S/C23H35N3O7S/c1-18-16-21(23(28)25-10-8-24(2)9-11-25)33-22(17-18)32-15-13-26(12-14-27)34(29,30)20-6-4-19(31-3)5-7-20/h4-7,16,18,22,27H,8-15,17H2,1-3H3/t18-,22+/m0/s1. The van der Waals surface area contributed by atoms with Gasteiger partial charge in [-0.2, -0.15) is 4.31 Å². The van der Waals surface area contributed by atoms with Crippen LogP contribution in [-0.4, -0.2) is 106 Å². The number of piperazine rings is 1. The molecule has 0 aliphatic carbocycles. The number of methoxy groups -OCH3 is 1. The summed E-state index contributed by atoms with van der Waals surface area (Å²) in [5.74, 6) is 0.778. The molecule has 2 heterocycles. The van der Waals surface area contributed by atoms with Crippen LogP contribution in [0.5, 0.6) is 5.75 Å². The summed E-state index contributed by atoms with van der Waals surface area (Å²) in [6.07, 6.45) is 1.74. The lowest BCUT2D eigenvalue weighted by Gasteiger charge is -2.35. The molecule has 11 heteroatoms. The van der Waals surface area contributed by atoms with Crippen molar-refractivity contribution in [1.82, 2.24) is 14.1 Å². The number of benzene rings is 1. The minimum atomic E-state index is -3.82. The largest absolute Gasteiger partial charge is 0.497 e. The lowest BCUT2D eigenvalue weighted by atomic mass is 10.0. The van der Waals surface area contributed by atoms with Gasteiger partial charge in [-0.25, -0.2) is 8.42 Å². The van der Waals surface area contributed by atoms with Crippen molar-refractivity contribution < 1.29 is 32.5 Å². The normalized spacial score (nSPS) is 21.8. The Bertz CT molecular complexity index is 944. The van der Waals surface area contributed by atoms with Crippen LogP contribution in [0.25, 0.3) is 0 Å². The lowest BCUT2D eigenvalue weighted by Crippen LogP contribution is -2.48. The molecule has 1 amide bonds. The molecule has 2 aliphatic rings. The van der Waals surface area contributed by atoms with E-state index in [-0.39, 0.29) is 48.8 Å². The fourth-order valence-electron chi connectivity index (χ4n) is 3.89. The summed E-state index contributed by atoms with van der Waals surface area (Å²) in [4.78, 5) is 16.9. The van der Waals surface area contributed by atoms with Gasteiger partial charge in [-0.05, 0) is 43.3 Å². The number of carbonyl (C=O) groups is 1. The highest BCUT2D eigenvalue weighted by Gasteiger charge is 2.30. The number of hydrogen-bond acceptors (Lipinski definition) is 8. The van der Waals surface area contributed by atoms with Crippen LogP contribution in [0.3, 0.4) is 0 Å². The Morgan fingerprint density at radius 2 is 1.85 bits per heavy atom. The maximum Gasteiger partial charge on any atom is 0.288 e. The second kappa shape index (κ2) is 12.0. The van der Waals surface area contributed by atoms with Crippen LogP contribution in [0.2, 0.25) is 0 Å². The summed E-state index contributed by atoms with van der Waals surface area (Å²) in [6.45, 7) is 4.63. The van der Waals surface area contributed by atoms with Gasteiger partial charge in [0.15, 0.2) is 5.76 Å². The van der Waals surface area contributed by atoms with Crippen molar-refractivity contribution in [3.63, 3.8) is 0 Å². The van der Waals surface area contributed by atoms with Crippen molar-refractivity contribution in [1.29, 1.82) is 0 Å². The fourth-order valence-corrected chi connectivity index (χ4v) is 5.31. The van der Waals surface area contributed by atoms with E-state index >= 15 is 0 Å². The molecular weight excluding hydrogens is 462 g/mol. The van der Waals surface area contributed by atoms with Gasteiger partial charge >= 0.3 is 0 Å². The second-order valence-electron chi connectivity index (χ2n) is 8.56. The number of nitrogens with zero attached hydrogens (tertiary/aromatic N) is 3. The first-order valence-electron chi connectivity index (χ1n) is 11.5. The predicted octanol–water partition coefficient (Wildman–Crippen LogP) is 0.735. The molecule has 2 atom stereocenters. The van der Waals surface area contributed by atoms with E-state index in [1.165, 1.54) is 23.5 Å². The monoisotopic (exact) mass is 497 g/mol. The first-order chi connectivity index (χ1) is 16.2. The van der Waals surface area contributed by atoms with Crippen molar-refractivity contribution >= 4 is 15.9 Å². The highest BCUT2D eigenvalue weighted by molar-refractivity contribution is 7.89. The summed E-state index contributed by atoms with van der Waals surface area (Å²) < 4.78 is 44.0. The van der Waals surface area contributed by atoms with Crippen molar-refractivity contribution in [2.75, 3.05) is 66.6 Å². The number of amides is 1. The first kappa shape index (κ1) is 26.4. The van der Waals surface area contributed by atoms with Gasteiger partial charge in [0, 0.05) is 45.7 Å². The SMILES string of the molecule is COc1ccc(S(=O)(=O)N(CCO)CCO[C@H]2C[C@@H](C)C=C(C(=O)N3CCN(C)CC3)O2)cc1. The highest BCUT2D eigenvalue weighted by atomic mass is 32.2. The Morgan fingerprint density at radius 1 is 1.18 bits per heavy atom. The molecule has 1 aromatic carbocycles. The molecule has 0 saturated carbocycles. The second-order valence-corrected chi connectivity index (χ2v) is 10.5. The molecule has 0 bridgehead atoms. The molecule has 0 unspecified atom stereocenters. The molecule has 0 spiro atoms. The van der Waals surface area contributed by atoms with E-state index in [4.69, 9.17) is 14.2 Å². The number of allylic oxidation sites excluding steroid dienone is 1. The smallest absolute Gasteiger partial charge is 0.288 e. The molecule has 3 rings (SSSR count). The third kappa shape index (κ3) is 6.70. The Labute approximate surface area is 201 Å². The van der Waals surface area contributed by atoms with E-state index in [2.05, 4.69) is 4.90 Å². The summed E-state index contributed by atoms with van der Waals surface area (Å²) in [5, 5.41) is 9.40. The van der Waals surface area contributed by atoms with Gasteiger partial charge in [0.05, 0.1) is 25.2 Å². The maximum absolute atomic E-state index is 13.0. The quantitative estimate of drug-likeness (QED) is 0.504. The first-order valence-corrected chi connectivity index (χ1v) is 12.9. The number of aliphatic hydroxyl groups excluding tert-OH is 1. The van der Waals surface area contributed by atoms with Gasteiger partial charge in [-0.3, -0.25) is 4.79 Å². The highest BCUT2D eigenvalue weighted by Crippen LogP contribution is 2.25. The summed E-state index contributed by atoms with van der Waals surface area (Å²) in [5.41, 5.74) is 0. The lowest BCUT2D eigenvalue weighted by molar-refractivity contribution is -0.155. The van der Waals surface area contributed by atoms with Gasteiger partial charge in [-0.1, -0.05) is 6.92 Å². The molecule has 34 heavy (non-hydrogen) atoms. The van der Waals surface area contributed by atoms with Crippen molar-refractivity contribution in [2.45, 2.75) is 24.5 Å². The fraction of sp³-hybridized carbons (Fsp3) is 0.609. The molecular formula is C23H35N3O7S. The average Bonchev–Trinajstić information content (AvgIpc) is 2.83. The molecule has 0 aromatic heterocycles.